The lowest BCUT2D eigenvalue weighted by molar-refractivity contribution is -0.00791. The maximum atomic E-state index is 13.9. The first-order chi connectivity index (χ1) is 9.39. The summed E-state index contributed by atoms with van der Waals surface area (Å²) in [7, 11) is 0. The van der Waals surface area contributed by atoms with Crippen molar-refractivity contribution in [2.45, 2.75) is 51.2 Å². The normalized spacial score (nSPS) is 28.4. The molecule has 1 aromatic rings. The van der Waals surface area contributed by atoms with Gasteiger partial charge in [0, 0.05) is 22.6 Å². The summed E-state index contributed by atoms with van der Waals surface area (Å²) in [5, 5.41) is 13.8. The van der Waals surface area contributed by atoms with Crippen LogP contribution in [0.5, 0.6) is 0 Å². The molecule has 1 fully saturated rings. The van der Waals surface area contributed by atoms with E-state index in [-0.39, 0.29) is 11.9 Å². The van der Waals surface area contributed by atoms with Crippen LogP contribution in [-0.2, 0) is 0 Å². The fourth-order valence-electron chi connectivity index (χ4n) is 2.78. The molecular formula is C16H23BrFNO. The molecule has 1 saturated carbocycles. The van der Waals surface area contributed by atoms with Crippen LogP contribution in [-0.4, -0.2) is 17.3 Å². The average molecular weight is 344 g/mol. The quantitative estimate of drug-likeness (QED) is 0.859. The Morgan fingerprint density at radius 1 is 1.45 bits per heavy atom. The van der Waals surface area contributed by atoms with Gasteiger partial charge in [-0.05, 0) is 50.7 Å². The van der Waals surface area contributed by atoms with Gasteiger partial charge in [0.1, 0.15) is 5.82 Å². The van der Waals surface area contributed by atoms with E-state index in [0.717, 1.165) is 30.2 Å². The van der Waals surface area contributed by atoms with Gasteiger partial charge >= 0.3 is 0 Å². The highest BCUT2D eigenvalue weighted by Crippen LogP contribution is 2.32. The molecule has 0 saturated heterocycles. The van der Waals surface area contributed by atoms with E-state index < -0.39 is 5.60 Å². The Labute approximate surface area is 128 Å². The maximum Gasteiger partial charge on any atom is 0.129 e. The summed E-state index contributed by atoms with van der Waals surface area (Å²) < 4.78 is 14.6. The van der Waals surface area contributed by atoms with Crippen molar-refractivity contribution >= 4 is 15.9 Å². The topological polar surface area (TPSA) is 32.3 Å². The summed E-state index contributed by atoms with van der Waals surface area (Å²) in [4.78, 5) is 0. The van der Waals surface area contributed by atoms with Gasteiger partial charge in [-0.15, -0.1) is 0 Å². The van der Waals surface area contributed by atoms with Crippen molar-refractivity contribution < 1.29 is 9.50 Å². The zero-order chi connectivity index (χ0) is 14.8. The minimum absolute atomic E-state index is 0.105. The molecule has 1 atom stereocenters. The molecule has 2 rings (SSSR count). The lowest BCUT2D eigenvalue weighted by Gasteiger charge is -2.36. The van der Waals surface area contributed by atoms with Crippen molar-refractivity contribution in [2.75, 3.05) is 6.54 Å². The van der Waals surface area contributed by atoms with Gasteiger partial charge in [0.2, 0.25) is 0 Å². The molecule has 0 aliphatic heterocycles. The second kappa shape index (κ2) is 6.54. The van der Waals surface area contributed by atoms with Gasteiger partial charge in [-0.1, -0.05) is 28.9 Å². The minimum atomic E-state index is -0.632. The molecule has 1 unspecified atom stereocenters. The van der Waals surface area contributed by atoms with Gasteiger partial charge in [0.15, 0.2) is 0 Å². The largest absolute Gasteiger partial charge is 0.389 e. The second-order valence-corrected chi connectivity index (χ2v) is 7.09. The Morgan fingerprint density at radius 2 is 2.10 bits per heavy atom. The zero-order valence-electron chi connectivity index (χ0n) is 12.1. The molecule has 0 radical (unpaired) electrons. The van der Waals surface area contributed by atoms with E-state index in [2.05, 4.69) is 28.2 Å². The van der Waals surface area contributed by atoms with Crippen molar-refractivity contribution in [2.24, 2.45) is 5.92 Å². The van der Waals surface area contributed by atoms with E-state index in [1.165, 1.54) is 6.07 Å². The van der Waals surface area contributed by atoms with Crippen LogP contribution in [0.4, 0.5) is 4.39 Å². The molecular weight excluding hydrogens is 321 g/mol. The van der Waals surface area contributed by atoms with E-state index >= 15 is 0 Å². The number of hydrogen-bond donors (Lipinski definition) is 2. The number of rotatable bonds is 4. The molecule has 0 spiro atoms. The number of nitrogens with one attached hydrogen (secondary N) is 1. The smallest absolute Gasteiger partial charge is 0.129 e. The molecule has 1 aliphatic rings. The number of hydrogen-bond acceptors (Lipinski definition) is 2. The minimum Gasteiger partial charge on any atom is -0.389 e. The molecule has 1 aliphatic carbocycles. The van der Waals surface area contributed by atoms with Crippen molar-refractivity contribution in [1.82, 2.24) is 5.32 Å². The third-order valence-corrected chi connectivity index (χ3v) is 4.86. The molecule has 4 heteroatoms. The van der Waals surface area contributed by atoms with Crippen LogP contribution < -0.4 is 5.32 Å². The molecule has 2 N–H and O–H groups in total. The highest BCUT2D eigenvalue weighted by Gasteiger charge is 2.31. The van der Waals surface area contributed by atoms with Crippen LogP contribution >= 0.6 is 15.9 Å². The lowest BCUT2D eigenvalue weighted by Crippen LogP contribution is -2.44. The SMILES string of the molecule is CC1CCC(O)(CNC(C)c2ccc(Br)cc2F)CC1. The summed E-state index contributed by atoms with van der Waals surface area (Å²) in [6.07, 6.45) is 3.80. The van der Waals surface area contributed by atoms with Gasteiger partial charge in [0.05, 0.1) is 5.60 Å². The van der Waals surface area contributed by atoms with Crippen LogP contribution in [0.15, 0.2) is 22.7 Å². The van der Waals surface area contributed by atoms with Gasteiger partial charge in [-0.25, -0.2) is 4.39 Å². The molecule has 112 valence electrons. The Bertz CT molecular complexity index is 458. The standard InChI is InChI=1S/C16H23BrFNO/c1-11-5-7-16(20,8-6-11)10-19-12(2)14-4-3-13(17)9-15(14)18/h3-4,9,11-12,19-20H,5-8,10H2,1-2H3. The molecule has 20 heavy (non-hydrogen) atoms. The summed E-state index contributed by atoms with van der Waals surface area (Å²) in [5.41, 5.74) is 0.00746. The van der Waals surface area contributed by atoms with E-state index in [1.54, 1.807) is 6.07 Å². The van der Waals surface area contributed by atoms with E-state index in [0.29, 0.717) is 18.0 Å². The van der Waals surface area contributed by atoms with Crippen molar-refractivity contribution in [3.05, 3.63) is 34.1 Å². The first-order valence-electron chi connectivity index (χ1n) is 7.30. The molecule has 0 aromatic heterocycles. The van der Waals surface area contributed by atoms with Crippen molar-refractivity contribution in [1.29, 1.82) is 0 Å². The number of aliphatic hydroxyl groups is 1. The van der Waals surface area contributed by atoms with Crippen molar-refractivity contribution in [3.8, 4) is 0 Å². The highest BCUT2D eigenvalue weighted by molar-refractivity contribution is 9.10. The molecule has 1 aromatic carbocycles. The molecule has 0 amide bonds. The van der Waals surface area contributed by atoms with Crippen LogP contribution in [0, 0.1) is 11.7 Å². The van der Waals surface area contributed by atoms with Crippen LogP contribution in [0.3, 0.4) is 0 Å². The van der Waals surface area contributed by atoms with Gasteiger partial charge in [-0.2, -0.15) is 0 Å². The summed E-state index contributed by atoms with van der Waals surface area (Å²) in [5.74, 6) is 0.486. The Morgan fingerprint density at radius 3 is 2.70 bits per heavy atom. The fourth-order valence-corrected chi connectivity index (χ4v) is 3.12. The first kappa shape index (κ1) is 15.9. The number of halogens is 2. The Hall–Kier alpha value is -0.450. The predicted octanol–water partition coefficient (Wildman–Crippen LogP) is 4.18. The van der Waals surface area contributed by atoms with Crippen LogP contribution in [0.2, 0.25) is 0 Å². The van der Waals surface area contributed by atoms with Gasteiger partial charge in [-0.3, -0.25) is 0 Å². The third kappa shape index (κ3) is 4.03. The Kier molecular flexibility index (Phi) is 5.21. The maximum absolute atomic E-state index is 13.9. The Balaban J connectivity index is 1.93. The highest BCUT2D eigenvalue weighted by atomic mass is 79.9. The zero-order valence-corrected chi connectivity index (χ0v) is 13.7. The van der Waals surface area contributed by atoms with Gasteiger partial charge < -0.3 is 10.4 Å². The van der Waals surface area contributed by atoms with Crippen LogP contribution in [0.25, 0.3) is 0 Å². The van der Waals surface area contributed by atoms with E-state index in [9.17, 15) is 9.50 Å². The molecule has 0 bridgehead atoms. The third-order valence-electron chi connectivity index (χ3n) is 4.37. The van der Waals surface area contributed by atoms with Gasteiger partial charge in [0.25, 0.3) is 0 Å². The average Bonchev–Trinajstić information content (AvgIpc) is 2.40. The second-order valence-electron chi connectivity index (χ2n) is 6.18. The summed E-state index contributed by atoms with van der Waals surface area (Å²) in [6.45, 7) is 4.68. The summed E-state index contributed by atoms with van der Waals surface area (Å²) >= 11 is 3.26. The van der Waals surface area contributed by atoms with Crippen molar-refractivity contribution in [3.63, 3.8) is 0 Å². The predicted molar refractivity (Wildman–Crippen MR) is 83.1 cm³/mol. The van der Waals surface area contributed by atoms with E-state index in [4.69, 9.17) is 0 Å². The number of benzene rings is 1. The first-order valence-corrected chi connectivity index (χ1v) is 8.10. The fraction of sp³-hybridized carbons (Fsp3) is 0.625. The molecule has 0 heterocycles. The van der Waals surface area contributed by atoms with Crippen LogP contribution in [0.1, 0.15) is 51.1 Å². The monoisotopic (exact) mass is 343 g/mol. The molecule has 2 nitrogen and oxygen atoms in total. The lowest BCUT2D eigenvalue weighted by atomic mass is 9.79. The van der Waals surface area contributed by atoms with E-state index in [1.807, 2.05) is 13.0 Å². The summed E-state index contributed by atoms with van der Waals surface area (Å²) in [6, 6.07) is 4.99.